The number of rotatable bonds is 3. The van der Waals surface area contributed by atoms with Gasteiger partial charge in [-0.2, -0.15) is 9.40 Å². The van der Waals surface area contributed by atoms with Crippen molar-refractivity contribution in [1.29, 1.82) is 0 Å². The summed E-state index contributed by atoms with van der Waals surface area (Å²) in [6.45, 7) is 2.53. The number of nitrogens with zero attached hydrogens (tertiary/aromatic N) is 3. The average Bonchev–Trinajstić information content (AvgIpc) is 3.26. The molecule has 1 N–H and O–H groups in total. The number of hydrogen-bond donors (Lipinski definition) is 1. The first kappa shape index (κ1) is 14.6. The van der Waals surface area contributed by atoms with Crippen LogP contribution in [0.25, 0.3) is 11.4 Å². The number of aromatic amines is 1. The third-order valence-corrected chi connectivity index (χ3v) is 7.08. The van der Waals surface area contributed by atoms with Crippen LogP contribution in [0.5, 0.6) is 0 Å². The Bertz CT molecular complexity index is 941. The van der Waals surface area contributed by atoms with Crippen molar-refractivity contribution in [2.75, 3.05) is 6.54 Å². The second kappa shape index (κ2) is 5.29. The van der Waals surface area contributed by atoms with E-state index in [0.29, 0.717) is 34.3 Å². The summed E-state index contributed by atoms with van der Waals surface area (Å²) in [6, 6.07) is 5.17. The standard InChI is InChI=1S/C14H14N4O3S2/c1-9-7-12(17-21-9)14-10-8-18(5-4-11(10)15-16-14)23(19,20)13-3-2-6-22-13/h2-3,6-7H,4-5,8H2,1H3,(H,15,16). The molecule has 4 rings (SSSR count). The van der Waals surface area contributed by atoms with Crippen molar-refractivity contribution in [2.45, 2.75) is 24.1 Å². The Morgan fingerprint density at radius 2 is 2.30 bits per heavy atom. The lowest BCUT2D eigenvalue weighted by atomic mass is 10.1. The molecule has 0 aliphatic carbocycles. The van der Waals surface area contributed by atoms with Gasteiger partial charge < -0.3 is 4.52 Å². The SMILES string of the molecule is Cc1cc(-c2n[nH]c3c2CN(S(=O)(=O)c2cccs2)CC3)no1. The van der Waals surface area contributed by atoms with E-state index >= 15 is 0 Å². The Labute approximate surface area is 137 Å². The molecule has 0 aromatic carbocycles. The normalized spacial score (nSPS) is 15.7. The highest BCUT2D eigenvalue weighted by molar-refractivity contribution is 7.91. The third kappa shape index (κ3) is 2.41. The molecule has 7 nitrogen and oxygen atoms in total. The zero-order valence-electron chi connectivity index (χ0n) is 12.3. The van der Waals surface area contributed by atoms with Crippen LogP contribution in [0.15, 0.2) is 32.3 Å². The van der Waals surface area contributed by atoms with Crippen LogP contribution in [0.4, 0.5) is 0 Å². The monoisotopic (exact) mass is 350 g/mol. The van der Waals surface area contributed by atoms with E-state index in [2.05, 4.69) is 15.4 Å². The lowest BCUT2D eigenvalue weighted by Gasteiger charge is -2.25. The molecular weight excluding hydrogens is 336 g/mol. The minimum Gasteiger partial charge on any atom is -0.361 e. The van der Waals surface area contributed by atoms with Gasteiger partial charge in [0.1, 0.15) is 21.4 Å². The van der Waals surface area contributed by atoms with Crippen molar-refractivity contribution in [1.82, 2.24) is 19.7 Å². The minimum atomic E-state index is -3.47. The van der Waals surface area contributed by atoms with Gasteiger partial charge in [-0.15, -0.1) is 11.3 Å². The molecule has 3 aromatic heterocycles. The molecule has 0 amide bonds. The summed E-state index contributed by atoms with van der Waals surface area (Å²) < 4.78 is 32.4. The first-order valence-corrected chi connectivity index (χ1v) is 9.41. The van der Waals surface area contributed by atoms with Gasteiger partial charge in [-0.25, -0.2) is 8.42 Å². The molecule has 0 unspecified atom stereocenters. The van der Waals surface area contributed by atoms with E-state index in [1.807, 2.05) is 6.92 Å². The fourth-order valence-corrected chi connectivity index (χ4v) is 5.26. The summed E-state index contributed by atoms with van der Waals surface area (Å²) in [7, 11) is -3.47. The summed E-state index contributed by atoms with van der Waals surface area (Å²) in [6.07, 6.45) is 0.601. The van der Waals surface area contributed by atoms with Crippen molar-refractivity contribution in [3.63, 3.8) is 0 Å². The topological polar surface area (TPSA) is 92.1 Å². The van der Waals surface area contributed by atoms with Crippen LogP contribution in [0.2, 0.25) is 0 Å². The van der Waals surface area contributed by atoms with Crippen LogP contribution in [0.3, 0.4) is 0 Å². The molecular formula is C14H14N4O3S2. The molecule has 120 valence electrons. The van der Waals surface area contributed by atoms with Crippen LogP contribution in [-0.2, 0) is 23.0 Å². The number of thiophene rings is 1. The molecule has 9 heteroatoms. The van der Waals surface area contributed by atoms with Gasteiger partial charge in [0.15, 0.2) is 0 Å². The highest BCUT2D eigenvalue weighted by Crippen LogP contribution is 2.31. The number of H-pyrrole nitrogens is 1. The molecule has 0 spiro atoms. The summed E-state index contributed by atoms with van der Waals surface area (Å²) >= 11 is 1.23. The Balaban J connectivity index is 1.71. The van der Waals surface area contributed by atoms with Crippen molar-refractivity contribution >= 4 is 21.4 Å². The van der Waals surface area contributed by atoms with E-state index < -0.39 is 10.0 Å². The fourth-order valence-electron chi connectivity index (χ4n) is 2.70. The van der Waals surface area contributed by atoms with Crippen LogP contribution in [-0.4, -0.2) is 34.6 Å². The van der Waals surface area contributed by atoms with Crippen LogP contribution >= 0.6 is 11.3 Å². The zero-order chi connectivity index (χ0) is 16.0. The van der Waals surface area contributed by atoms with E-state index in [1.165, 1.54) is 15.6 Å². The molecule has 0 bridgehead atoms. The van der Waals surface area contributed by atoms with Crippen LogP contribution in [0.1, 0.15) is 17.0 Å². The summed E-state index contributed by atoms with van der Waals surface area (Å²) in [5.74, 6) is 0.690. The first-order chi connectivity index (χ1) is 11.1. The van der Waals surface area contributed by atoms with Gasteiger partial charge in [-0.05, 0) is 18.4 Å². The molecule has 0 atom stereocenters. The van der Waals surface area contributed by atoms with E-state index in [-0.39, 0.29) is 6.54 Å². The molecule has 4 heterocycles. The van der Waals surface area contributed by atoms with Crippen molar-refractivity contribution in [3.05, 3.63) is 40.6 Å². The predicted molar refractivity (Wildman–Crippen MR) is 84.4 cm³/mol. The number of aromatic nitrogens is 3. The molecule has 1 aliphatic rings. The second-order valence-corrected chi connectivity index (χ2v) is 8.49. The molecule has 23 heavy (non-hydrogen) atoms. The molecule has 0 saturated carbocycles. The molecule has 0 radical (unpaired) electrons. The van der Waals surface area contributed by atoms with Gasteiger partial charge >= 0.3 is 0 Å². The molecule has 3 aromatic rings. The Morgan fingerprint density at radius 1 is 1.43 bits per heavy atom. The molecule has 0 saturated heterocycles. The van der Waals surface area contributed by atoms with E-state index in [1.54, 1.807) is 23.6 Å². The summed E-state index contributed by atoms with van der Waals surface area (Å²) in [4.78, 5) is 0. The van der Waals surface area contributed by atoms with Crippen LogP contribution in [0, 0.1) is 6.92 Å². The zero-order valence-corrected chi connectivity index (χ0v) is 13.9. The predicted octanol–water partition coefficient (Wildman–Crippen LogP) is 2.18. The summed E-state index contributed by atoms with van der Waals surface area (Å²) in [5, 5.41) is 13.0. The molecule has 1 aliphatic heterocycles. The lowest BCUT2D eigenvalue weighted by molar-refractivity contribution is 0.390. The maximum absolute atomic E-state index is 12.7. The van der Waals surface area contributed by atoms with Gasteiger partial charge in [-0.1, -0.05) is 11.2 Å². The first-order valence-electron chi connectivity index (χ1n) is 7.09. The van der Waals surface area contributed by atoms with Crippen molar-refractivity contribution in [2.24, 2.45) is 0 Å². The van der Waals surface area contributed by atoms with Gasteiger partial charge in [0, 0.05) is 36.8 Å². The number of aryl methyl sites for hydroxylation is 1. The quantitative estimate of drug-likeness (QED) is 0.782. The van der Waals surface area contributed by atoms with Gasteiger partial charge in [0.25, 0.3) is 10.0 Å². The number of sulfonamides is 1. The van der Waals surface area contributed by atoms with Gasteiger partial charge in [-0.3, -0.25) is 5.10 Å². The Hall–Kier alpha value is -1.97. The maximum atomic E-state index is 12.7. The van der Waals surface area contributed by atoms with Crippen LogP contribution < -0.4 is 0 Å². The van der Waals surface area contributed by atoms with E-state index in [0.717, 1.165) is 11.3 Å². The second-order valence-electron chi connectivity index (χ2n) is 5.37. The smallest absolute Gasteiger partial charge is 0.252 e. The highest BCUT2D eigenvalue weighted by atomic mass is 32.2. The number of hydrogen-bond acceptors (Lipinski definition) is 6. The van der Waals surface area contributed by atoms with Crippen molar-refractivity contribution in [3.8, 4) is 11.4 Å². The largest absolute Gasteiger partial charge is 0.361 e. The number of nitrogens with one attached hydrogen (secondary N) is 1. The maximum Gasteiger partial charge on any atom is 0.252 e. The van der Waals surface area contributed by atoms with Gasteiger partial charge in [0.2, 0.25) is 0 Å². The summed E-state index contributed by atoms with van der Waals surface area (Å²) in [5.41, 5.74) is 3.10. The number of fused-ring (bicyclic) bond motifs is 1. The Kier molecular flexibility index (Phi) is 3.36. The molecule has 0 fully saturated rings. The van der Waals surface area contributed by atoms with E-state index in [9.17, 15) is 8.42 Å². The van der Waals surface area contributed by atoms with Crippen molar-refractivity contribution < 1.29 is 12.9 Å². The lowest BCUT2D eigenvalue weighted by Crippen LogP contribution is -2.35. The Morgan fingerprint density at radius 3 is 3.00 bits per heavy atom. The third-order valence-electron chi connectivity index (χ3n) is 3.86. The van der Waals surface area contributed by atoms with Gasteiger partial charge in [0.05, 0.1) is 0 Å². The fraction of sp³-hybridized carbons (Fsp3) is 0.286. The highest BCUT2D eigenvalue weighted by Gasteiger charge is 2.32. The van der Waals surface area contributed by atoms with E-state index in [4.69, 9.17) is 4.52 Å². The average molecular weight is 350 g/mol. The minimum absolute atomic E-state index is 0.285.